The summed E-state index contributed by atoms with van der Waals surface area (Å²) in [6, 6.07) is 7.10. The predicted octanol–water partition coefficient (Wildman–Crippen LogP) is 2.32. The standard InChI is InChI=1S/C18H30N4O2S/c1-4-6-13-22(3)18(19-5-2)20-14-15-7-11-17(12-8-15)25(23,24)21-16-9-10-16/h7-8,11-12,16,21H,4-6,9-10,13-14H2,1-3H3,(H,19,20). The van der Waals surface area contributed by atoms with Gasteiger partial charge in [-0.05, 0) is 43.9 Å². The summed E-state index contributed by atoms with van der Waals surface area (Å²) >= 11 is 0. The maximum absolute atomic E-state index is 12.2. The largest absolute Gasteiger partial charge is 0.357 e. The van der Waals surface area contributed by atoms with Crippen LogP contribution in [0, 0.1) is 0 Å². The minimum atomic E-state index is -3.38. The van der Waals surface area contributed by atoms with Gasteiger partial charge in [0.15, 0.2) is 5.96 Å². The van der Waals surface area contributed by atoms with Crippen molar-refractivity contribution in [3.05, 3.63) is 29.8 Å². The predicted molar refractivity (Wildman–Crippen MR) is 102 cm³/mol. The first-order valence-corrected chi connectivity index (χ1v) is 10.5. The average Bonchev–Trinajstić information content (AvgIpc) is 3.40. The molecule has 0 amide bonds. The summed E-state index contributed by atoms with van der Waals surface area (Å²) in [4.78, 5) is 7.10. The van der Waals surface area contributed by atoms with Crippen LogP contribution in [0.1, 0.15) is 45.1 Å². The fraction of sp³-hybridized carbons (Fsp3) is 0.611. The lowest BCUT2D eigenvalue weighted by atomic mass is 10.2. The lowest BCUT2D eigenvalue weighted by Crippen LogP contribution is -2.39. The number of rotatable bonds is 9. The Bertz CT molecular complexity index is 667. The number of aliphatic imine (C=N–C) groups is 1. The monoisotopic (exact) mass is 366 g/mol. The van der Waals surface area contributed by atoms with E-state index < -0.39 is 10.0 Å². The molecule has 0 saturated heterocycles. The van der Waals surface area contributed by atoms with Gasteiger partial charge in [0.05, 0.1) is 11.4 Å². The number of guanidine groups is 1. The van der Waals surface area contributed by atoms with Gasteiger partial charge in [0.2, 0.25) is 10.0 Å². The zero-order chi connectivity index (χ0) is 18.3. The summed E-state index contributed by atoms with van der Waals surface area (Å²) in [5, 5.41) is 3.30. The molecule has 1 saturated carbocycles. The fourth-order valence-electron chi connectivity index (χ4n) is 2.40. The minimum absolute atomic E-state index is 0.121. The van der Waals surface area contributed by atoms with Gasteiger partial charge < -0.3 is 10.2 Å². The van der Waals surface area contributed by atoms with Crippen LogP contribution in [0.5, 0.6) is 0 Å². The molecular formula is C18H30N4O2S. The third kappa shape index (κ3) is 6.32. The van der Waals surface area contributed by atoms with Crippen LogP contribution in [0.3, 0.4) is 0 Å². The topological polar surface area (TPSA) is 73.8 Å². The van der Waals surface area contributed by atoms with Crippen LogP contribution >= 0.6 is 0 Å². The van der Waals surface area contributed by atoms with Crippen LogP contribution < -0.4 is 10.0 Å². The molecule has 0 unspecified atom stereocenters. The van der Waals surface area contributed by atoms with Crippen molar-refractivity contribution in [2.45, 2.75) is 57.0 Å². The molecule has 6 nitrogen and oxygen atoms in total. The Labute approximate surface area is 151 Å². The summed E-state index contributed by atoms with van der Waals surface area (Å²) in [5.74, 6) is 0.878. The van der Waals surface area contributed by atoms with E-state index in [9.17, 15) is 8.42 Å². The molecule has 1 aromatic carbocycles. The molecule has 0 bridgehead atoms. The van der Waals surface area contributed by atoms with Crippen molar-refractivity contribution in [3.8, 4) is 0 Å². The quantitative estimate of drug-likeness (QED) is 0.520. The molecular weight excluding hydrogens is 336 g/mol. The number of hydrogen-bond acceptors (Lipinski definition) is 3. The molecule has 1 aliphatic carbocycles. The van der Waals surface area contributed by atoms with Crippen molar-refractivity contribution >= 4 is 16.0 Å². The summed E-state index contributed by atoms with van der Waals surface area (Å²) in [6.45, 7) is 6.53. The van der Waals surface area contributed by atoms with Crippen molar-refractivity contribution in [2.24, 2.45) is 4.99 Å². The van der Waals surface area contributed by atoms with Gasteiger partial charge in [0.25, 0.3) is 0 Å². The van der Waals surface area contributed by atoms with Gasteiger partial charge in [-0.1, -0.05) is 25.5 Å². The van der Waals surface area contributed by atoms with E-state index in [1.54, 1.807) is 12.1 Å². The van der Waals surface area contributed by atoms with E-state index in [0.29, 0.717) is 11.4 Å². The molecule has 25 heavy (non-hydrogen) atoms. The van der Waals surface area contributed by atoms with Crippen molar-refractivity contribution in [1.29, 1.82) is 0 Å². The molecule has 0 aromatic heterocycles. The molecule has 0 heterocycles. The van der Waals surface area contributed by atoms with Gasteiger partial charge in [0, 0.05) is 26.2 Å². The van der Waals surface area contributed by atoms with E-state index in [2.05, 4.69) is 33.8 Å². The smallest absolute Gasteiger partial charge is 0.240 e. The molecule has 1 aliphatic rings. The number of benzene rings is 1. The second kappa shape index (κ2) is 9.20. The maximum Gasteiger partial charge on any atom is 0.240 e. The van der Waals surface area contributed by atoms with Gasteiger partial charge in [-0.3, -0.25) is 0 Å². The summed E-state index contributed by atoms with van der Waals surface area (Å²) < 4.78 is 27.1. The summed E-state index contributed by atoms with van der Waals surface area (Å²) in [6.07, 6.45) is 4.14. The van der Waals surface area contributed by atoms with E-state index in [0.717, 1.165) is 50.3 Å². The first kappa shape index (κ1) is 19.7. The third-order valence-corrected chi connectivity index (χ3v) is 5.62. The molecule has 2 N–H and O–H groups in total. The average molecular weight is 367 g/mol. The Hall–Kier alpha value is -1.60. The van der Waals surface area contributed by atoms with E-state index in [1.807, 2.05) is 19.2 Å². The number of sulfonamides is 1. The van der Waals surface area contributed by atoms with Gasteiger partial charge in [-0.25, -0.2) is 18.1 Å². The van der Waals surface area contributed by atoms with Gasteiger partial charge in [0.1, 0.15) is 0 Å². The Morgan fingerprint density at radius 3 is 2.48 bits per heavy atom. The second-order valence-corrected chi connectivity index (χ2v) is 8.20. The highest BCUT2D eigenvalue weighted by atomic mass is 32.2. The number of unbranched alkanes of at least 4 members (excludes halogenated alkanes) is 1. The zero-order valence-electron chi connectivity index (χ0n) is 15.5. The molecule has 140 valence electrons. The van der Waals surface area contributed by atoms with Crippen molar-refractivity contribution in [2.75, 3.05) is 20.1 Å². The highest BCUT2D eigenvalue weighted by molar-refractivity contribution is 7.89. The van der Waals surface area contributed by atoms with Gasteiger partial charge in [-0.2, -0.15) is 0 Å². The minimum Gasteiger partial charge on any atom is -0.357 e. The van der Waals surface area contributed by atoms with Crippen LogP contribution in [0.4, 0.5) is 0 Å². The van der Waals surface area contributed by atoms with E-state index in [-0.39, 0.29) is 6.04 Å². The van der Waals surface area contributed by atoms with E-state index in [1.165, 1.54) is 0 Å². The Morgan fingerprint density at radius 1 is 1.24 bits per heavy atom. The second-order valence-electron chi connectivity index (χ2n) is 6.48. The molecule has 0 atom stereocenters. The highest BCUT2D eigenvalue weighted by Gasteiger charge is 2.27. The molecule has 2 rings (SSSR count). The first-order chi connectivity index (χ1) is 12.0. The van der Waals surface area contributed by atoms with Crippen LogP contribution in [0.2, 0.25) is 0 Å². The third-order valence-electron chi connectivity index (χ3n) is 4.09. The van der Waals surface area contributed by atoms with Crippen LogP contribution in [-0.2, 0) is 16.6 Å². The van der Waals surface area contributed by atoms with Crippen molar-refractivity contribution in [1.82, 2.24) is 14.9 Å². The molecule has 7 heteroatoms. The first-order valence-electron chi connectivity index (χ1n) is 9.07. The lowest BCUT2D eigenvalue weighted by Gasteiger charge is -2.21. The maximum atomic E-state index is 12.2. The molecule has 1 fully saturated rings. The Balaban J connectivity index is 2.00. The fourth-order valence-corrected chi connectivity index (χ4v) is 3.70. The Morgan fingerprint density at radius 2 is 1.92 bits per heavy atom. The van der Waals surface area contributed by atoms with Crippen LogP contribution in [-0.4, -0.2) is 45.5 Å². The number of nitrogens with one attached hydrogen (secondary N) is 2. The molecule has 1 aromatic rings. The van der Waals surface area contributed by atoms with E-state index >= 15 is 0 Å². The van der Waals surface area contributed by atoms with Gasteiger partial charge in [-0.15, -0.1) is 0 Å². The molecule has 0 spiro atoms. The van der Waals surface area contributed by atoms with Crippen molar-refractivity contribution < 1.29 is 8.42 Å². The van der Waals surface area contributed by atoms with E-state index in [4.69, 9.17) is 0 Å². The van der Waals surface area contributed by atoms with Crippen LogP contribution in [0.15, 0.2) is 34.2 Å². The number of hydrogen-bond donors (Lipinski definition) is 2. The highest BCUT2D eigenvalue weighted by Crippen LogP contribution is 2.22. The normalized spacial score (nSPS) is 15.2. The van der Waals surface area contributed by atoms with Crippen LogP contribution in [0.25, 0.3) is 0 Å². The number of nitrogens with zero attached hydrogens (tertiary/aromatic N) is 2. The van der Waals surface area contributed by atoms with Crippen molar-refractivity contribution in [3.63, 3.8) is 0 Å². The zero-order valence-corrected chi connectivity index (χ0v) is 16.3. The lowest BCUT2D eigenvalue weighted by molar-refractivity contribution is 0.465. The van der Waals surface area contributed by atoms with Gasteiger partial charge >= 0.3 is 0 Å². The summed E-state index contributed by atoms with van der Waals surface area (Å²) in [5.41, 5.74) is 0.990. The SMILES string of the molecule is CCCCN(C)C(=NCc1ccc(S(=O)(=O)NC2CC2)cc1)NCC. The molecule has 0 aliphatic heterocycles. The Kier molecular flexibility index (Phi) is 7.25. The molecule has 0 radical (unpaired) electrons. The summed E-state index contributed by atoms with van der Waals surface area (Å²) in [7, 11) is -1.35.